The van der Waals surface area contributed by atoms with E-state index in [-0.39, 0.29) is 36.2 Å². The molecule has 28 heavy (non-hydrogen) atoms. The number of ether oxygens (including phenoxy) is 1. The van der Waals surface area contributed by atoms with Gasteiger partial charge in [0.1, 0.15) is 5.75 Å². The summed E-state index contributed by atoms with van der Waals surface area (Å²) in [4.78, 5) is 36.8. The molecule has 1 N–H and O–H groups in total. The van der Waals surface area contributed by atoms with Gasteiger partial charge in [-0.15, -0.1) is 0 Å². The molecule has 0 bridgehead atoms. The highest BCUT2D eigenvalue weighted by atomic mass is 79.9. The molecule has 0 aliphatic carbocycles. The monoisotopic (exact) mass is 467 g/mol. The molecule has 2 aromatic carbocycles. The highest BCUT2D eigenvalue weighted by molar-refractivity contribution is 9.10. The van der Waals surface area contributed by atoms with Crippen molar-refractivity contribution >= 4 is 56.4 Å². The lowest BCUT2D eigenvalue weighted by molar-refractivity contribution is -0.384. The molecule has 0 spiro atoms. The average Bonchev–Trinajstić information content (AvgIpc) is 3.05. The van der Waals surface area contributed by atoms with Crippen LogP contribution < -0.4 is 15.0 Å². The highest BCUT2D eigenvalue weighted by Gasteiger charge is 2.36. The van der Waals surface area contributed by atoms with E-state index in [2.05, 4.69) is 21.2 Å². The number of rotatable bonds is 5. The Hall–Kier alpha value is -2.65. The maximum atomic E-state index is 12.6. The van der Waals surface area contributed by atoms with E-state index in [0.29, 0.717) is 20.9 Å². The maximum absolute atomic E-state index is 12.6. The number of carbonyl (C=O) groups excluding carboxylic acids is 2. The van der Waals surface area contributed by atoms with Crippen LogP contribution in [0.5, 0.6) is 5.75 Å². The summed E-state index contributed by atoms with van der Waals surface area (Å²) < 4.78 is 5.90. The number of carbonyl (C=O) groups is 2. The van der Waals surface area contributed by atoms with E-state index in [9.17, 15) is 19.7 Å². The third-order valence-electron chi connectivity index (χ3n) is 4.35. The average molecular weight is 469 g/mol. The number of non-ortho nitro benzene ring substituents is 1. The second-order valence-electron chi connectivity index (χ2n) is 6.14. The summed E-state index contributed by atoms with van der Waals surface area (Å²) in [5.74, 6) is -0.950. The normalized spacial score (nSPS) is 16.2. The molecule has 1 aliphatic heterocycles. The number of halogens is 2. The zero-order valence-electron chi connectivity index (χ0n) is 14.6. The fourth-order valence-electron chi connectivity index (χ4n) is 2.94. The molecule has 1 heterocycles. The SMILES string of the molecule is COc1cc([N+](=O)[O-])ccc1N1C[C@H](C(=O)Nc2ccc(Br)c(Cl)c2)CC1=O. The third kappa shape index (κ3) is 4.10. The standard InChI is InChI=1S/C18H15BrClN3O5/c1-28-16-8-12(23(26)27)3-5-15(16)22-9-10(6-17(22)24)18(25)21-11-2-4-13(19)14(20)7-11/h2-5,7-8,10H,6,9H2,1H3,(H,21,25)/t10-/m1/s1. The van der Waals surface area contributed by atoms with Crippen molar-refractivity contribution in [1.29, 1.82) is 0 Å². The minimum absolute atomic E-state index is 0.0240. The number of hydrogen-bond acceptors (Lipinski definition) is 5. The predicted molar refractivity (Wildman–Crippen MR) is 108 cm³/mol. The molecule has 1 fully saturated rings. The first kappa shape index (κ1) is 20.1. The van der Waals surface area contributed by atoms with Gasteiger partial charge in [-0.25, -0.2) is 0 Å². The van der Waals surface area contributed by atoms with Crippen LogP contribution in [0.2, 0.25) is 5.02 Å². The van der Waals surface area contributed by atoms with Gasteiger partial charge in [-0.1, -0.05) is 11.6 Å². The van der Waals surface area contributed by atoms with Crippen LogP contribution in [0.3, 0.4) is 0 Å². The van der Waals surface area contributed by atoms with Crippen molar-refractivity contribution in [2.75, 3.05) is 23.9 Å². The molecular formula is C18H15BrClN3O5. The molecule has 2 amide bonds. The first-order valence-electron chi connectivity index (χ1n) is 8.19. The number of anilines is 2. The Labute approximate surface area is 173 Å². The van der Waals surface area contributed by atoms with Gasteiger partial charge in [0, 0.05) is 29.2 Å². The highest BCUT2D eigenvalue weighted by Crippen LogP contribution is 2.36. The Morgan fingerprint density at radius 2 is 2.11 bits per heavy atom. The fourth-order valence-corrected chi connectivity index (χ4v) is 3.36. The number of nitrogens with zero attached hydrogens (tertiary/aromatic N) is 2. The minimum atomic E-state index is -0.574. The fraction of sp³-hybridized carbons (Fsp3) is 0.222. The molecule has 3 rings (SSSR count). The van der Waals surface area contributed by atoms with Crippen LogP contribution in [0.15, 0.2) is 40.9 Å². The Morgan fingerprint density at radius 3 is 2.75 bits per heavy atom. The molecule has 1 aliphatic rings. The number of benzene rings is 2. The number of nitro benzene ring substituents is 1. The van der Waals surface area contributed by atoms with Gasteiger partial charge in [-0.3, -0.25) is 19.7 Å². The number of methoxy groups -OCH3 is 1. The van der Waals surface area contributed by atoms with E-state index in [0.717, 1.165) is 0 Å². The van der Waals surface area contributed by atoms with Crippen molar-refractivity contribution in [1.82, 2.24) is 0 Å². The molecule has 8 nitrogen and oxygen atoms in total. The Morgan fingerprint density at radius 1 is 1.36 bits per heavy atom. The topological polar surface area (TPSA) is 102 Å². The smallest absolute Gasteiger partial charge is 0.273 e. The minimum Gasteiger partial charge on any atom is -0.494 e. The quantitative estimate of drug-likeness (QED) is 0.528. The Bertz CT molecular complexity index is 968. The number of nitro groups is 1. The molecule has 0 aromatic heterocycles. The van der Waals surface area contributed by atoms with Crippen LogP contribution in [0.1, 0.15) is 6.42 Å². The summed E-state index contributed by atoms with van der Waals surface area (Å²) in [5.41, 5.74) is 0.769. The zero-order chi connectivity index (χ0) is 20.4. The van der Waals surface area contributed by atoms with Gasteiger partial charge in [0.15, 0.2) is 0 Å². The van der Waals surface area contributed by atoms with Gasteiger partial charge in [0.25, 0.3) is 5.69 Å². The van der Waals surface area contributed by atoms with E-state index >= 15 is 0 Å². The third-order valence-corrected chi connectivity index (χ3v) is 5.58. The van der Waals surface area contributed by atoms with E-state index in [1.54, 1.807) is 18.2 Å². The summed E-state index contributed by atoms with van der Waals surface area (Å²) in [6.45, 7) is 0.142. The molecule has 10 heteroatoms. The molecule has 0 radical (unpaired) electrons. The van der Waals surface area contributed by atoms with Crippen LogP contribution in [0.4, 0.5) is 17.1 Å². The number of nitrogens with one attached hydrogen (secondary N) is 1. The lowest BCUT2D eigenvalue weighted by atomic mass is 10.1. The largest absolute Gasteiger partial charge is 0.494 e. The van der Waals surface area contributed by atoms with Gasteiger partial charge in [0.05, 0.1) is 34.7 Å². The van der Waals surface area contributed by atoms with E-state index in [1.165, 1.54) is 30.2 Å². The van der Waals surface area contributed by atoms with Crippen molar-refractivity contribution in [3.8, 4) is 5.75 Å². The second-order valence-corrected chi connectivity index (χ2v) is 7.40. The molecule has 2 aromatic rings. The molecule has 1 atom stereocenters. The summed E-state index contributed by atoms with van der Waals surface area (Å²) in [6, 6.07) is 9.01. The van der Waals surface area contributed by atoms with Crippen LogP contribution >= 0.6 is 27.5 Å². The zero-order valence-corrected chi connectivity index (χ0v) is 17.0. The summed E-state index contributed by atoms with van der Waals surface area (Å²) in [7, 11) is 1.37. The van der Waals surface area contributed by atoms with Crippen molar-refractivity contribution in [2.24, 2.45) is 5.92 Å². The van der Waals surface area contributed by atoms with Crippen molar-refractivity contribution in [3.63, 3.8) is 0 Å². The number of hydrogen-bond donors (Lipinski definition) is 1. The summed E-state index contributed by atoms with van der Waals surface area (Å²) in [5, 5.41) is 14.1. The first-order chi connectivity index (χ1) is 13.3. The number of amides is 2. The Balaban J connectivity index is 1.77. The van der Waals surface area contributed by atoms with Crippen LogP contribution in [-0.4, -0.2) is 30.4 Å². The van der Waals surface area contributed by atoms with Crippen molar-refractivity contribution < 1.29 is 19.2 Å². The van der Waals surface area contributed by atoms with Crippen molar-refractivity contribution in [3.05, 3.63) is 56.0 Å². The lowest BCUT2D eigenvalue weighted by Gasteiger charge is -2.19. The van der Waals surface area contributed by atoms with Gasteiger partial charge in [-0.2, -0.15) is 0 Å². The molecule has 0 saturated carbocycles. The van der Waals surface area contributed by atoms with E-state index in [1.807, 2.05) is 0 Å². The molecular weight excluding hydrogens is 454 g/mol. The van der Waals surface area contributed by atoms with Crippen molar-refractivity contribution in [2.45, 2.75) is 6.42 Å². The lowest BCUT2D eigenvalue weighted by Crippen LogP contribution is -2.28. The van der Waals surface area contributed by atoms with E-state index < -0.39 is 10.8 Å². The maximum Gasteiger partial charge on any atom is 0.273 e. The first-order valence-corrected chi connectivity index (χ1v) is 9.36. The van der Waals surface area contributed by atoms with Gasteiger partial charge >= 0.3 is 0 Å². The molecule has 1 saturated heterocycles. The summed E-state index contributed by atoms with van der Waals surface area (Å²) >= 11 is 9.31. The van der Waals surface area contributed by atoms with Crippen LogP contribution in [-0.2, 0) is 9.59 Å². The Kier molecular flexibility index (Phi) is 5.85. The molecule has 146 valence electrons. The predicted octanol–water partition coefficient (Wildman–Crippen LogP) is 4.01. The van der Waals surface area contributed by atoms with Gasteiger partial charge in [0.2, 0.25) is 11.8 Å². The van der Waals surface area contributed by atoms with E-state index in [4.69, 9.17) is 16.3 Å². The summed E-state index contributed by atoms with van der Waals surface area (Å²) in [6.07, 6.45) is 0.0240. The van der Waals surface area contributed by atoms with Gasteiger partial charge < -0.3 is 15.0 Å². The second kappa shape index (κ2) is 8.15. The van der Waals surface area contributed by atoms with Crippen LogP contribution in [0, 0.1) is 16.0 Å². The van der Waals surface area contributed by atoms with Gasteiger partial charge in [-0.05, 0) is 40.2 Å². The molecule has 0 unspecified atom stereocenters. The van der Waals surface area contributed by atoms with Crippen LogP contribution in [0.25, 0.3) is 0 Å².